The molecule has 0 bridgehead atoms. The lowest BCUT2D eigenvalue weighted by molar-refractivity contribution is 0.1000. The maximum absolute atomic E-state index is 13.5. The number of alkyl halides is 6. The Morgan fingerprint density at radius 1 is 0.549 bits per heavy atom. The number of aromatic nitrogens is 5. The normalized spacial score (nSPS) is 18.9. The van der Waals surface area contributed by atoms with E-state index in [1.165, 1.54) is 118 Å². The molecule has 0 amide bonds. The number of hydrogen-bond acceptors (Lipinski definition) is 19. The fraction of sp³-hybridized carbons (Fsp3) is 0.238. The minimum Gasteiger partial charge on any atom is -0.523 e. The summed E-state index contributed by atoms with van der Waals surface area (Å²) >= 11 is 11.1. The zero-order valence-electron chi connectivity index (χ0n) is 52.7. The van der Waals surface area contributed by atoms with Crippen LogP contribution >= 0.6 is 23.2 Å². The molecule has 6 aliphatic rings. The van der Waals surface area contributed by atoms with E-state index in [1.54, 1.807) is 30.3 Å². The first-order chi connectivity index (χ1) is 48.1. The summed E-state index contributed by atoms with van der Waals surface area (Å²) < 4.78 is 171. The van der Waals surface area contributed by atoms with Crippen molar-refractivity contribution in [2.75, 3.05) is 66.6 Å². The molecule has 3 aliphatic carbocycles. The van der Waals surface area contributed by atoms with E-state index in [-0.39, 0.29) is 113 Å². The molecule has 0 spiro atoms. The van der Waals surface area contributed by atoms with Crippen molar-refractivity contribution in [1.82, 2.24) is 24.9 Å². The summed E-state index contributed by atoms with van der Waals surface area (Å²) in [5, 5.41) is 55.2. The highest BCUT2D eigenvalue weighted by molar-refractivity contribution is 7.95. The van der Waals surface area contributed by atoms with Gasteiger partial charge in [-0.3, -0.25) is 0 Å². The smallest absolute Gasteiger partial charge is 0.523 e. The van der Waals surface area contributed by atoms with Crippen LogP contribution in [-0.4, -0.2) is 132 Å². The first-order valence-electron chi connectivity index (χ1n) is 29.4. The number of pyridine rings is 5. The molecule has 14 rings (SSSR count). The average Bonchev–Trinajstić information content (AvgIpc) is 1.59. The van der Waals surface area contributed by atoms with E-state index in [1.807, 2.05) is 12.1 Å². The van der Waals surface area contributed by atoms with Crippen molar-refractivity contribution in [3.05, 3.63) is 177 Å². The van der Waals surface area contributed by atoms with Crippen LogP contribution in [0.25, 0.3) is 32.2 Å². The second-order valence-corrected chi connectivity index (χ2v) is 29.2. The number of phenolic OH excluding ortho intramolecular Hbond substituents is 2. The predicted octanol–water partition coefficient (Wildman–Crippen LogP) is 11.3. The van der Waals surface area contributed by atoms with Crippen LogP contribution in [0, 0.1) is 64.9 Å². The molecule has 39 heteroatoms. The van der Waals surface area contributed by atoms with Gasteiger partial charge in [0.05, 0.1) is 62.3 Å². The number of anilines is 6. The lowest BCUT2D eigenvalue weighted by Crippen LogP contribution is -2.37. The molecule has 0 saturated heterocycles. The van der Waals surface area contributed by atoms with E-state index in [0.29, 0.717) is 58.1 Å². The standard InChI is InChI=1S/C23H16F2N6O3S.C17H14F2N4O3S.C10H11BF2N3O4S.C7H4ClNO.C6H3ClN2/c1-27-21-10-17(7-8-28-21)34-16-4-3-14(12-26)18(9-16)19-5-6-20-22(29-19)30(2)35(32,33)31(20)13-15-11-23(15,24)25;1-22-16-15(23(27(22,25)26)9-11-7-17(11,18)19)5-4-14(21-16)13-6-12(24)3-2-10(13)8-20;1-15-9-7(2-3-8(14-9)20-11-17)16(21(15,18)19)5-6-4-10(6,12)13;8-7-3-6(10)2-1-5(7)4-9;1-8-6-4-5(7)2-3-9-6/h3-10,15H,11,13H2,2H3;2-6,11,24H,7,9H2,1H3;2-3,6,17H,4-5H2,1H3;1-3,10H;2-4H. The van der Waals surface area contributed by atoms with Gasteiger partial charge in [-0.25, -0.2) is 62.1 Å². The quantitative estimate of drug-likeness (QED) is 0.0581. The highest BCUT2D eigenvalue weighted by atomic mass is 35.5. The van der Waals surface area contributed by atoms with E-state index in [2.05, 4.69) is 45.3 Å². The topological polar surface area (TPSA) is 346 Å². The Bertz CT molecular complexity index is 5250. The second-order valence-electron chi connectivity index (χ2n) is 22.7. The van der Waals surface area contributed by atoms with Crippen LogP contribution in [0.3, 0.4) is 0 Å². The summed E-state index contributed by atoms with van der Waals surface area (Å²) in [6, 6.07) is 34.0. The summed E-state index contributed by atoms with van der Waals surface area (Å²) in [5.74, 6) is -10.1. The first kappa shape index (κ1) is 73.6. The Morgan fingerprint density at radius 3 is 1.35 bits per heavy atom. The van der Waals surface area contributed by atoms with Crippen LogP contribution in [-0.2, 0) is 30.6 Å². The molecule has 3 saturated carbocycles. The third-order valence-electron chi connectivity index (χ3n) is 16.1. The van der Waals surface area contributed by atoms with Crippen molar-refractivity contribution in [2.45, 2.75) is 37.0 Å². The molecule has 8 heterocycles. The van der Waals surface area contributed by atoms with Gasteiger partial charge in [0.2, 0.25) is 0 Å². The molecule has 1 radical (unpaired) electrons. The Hall–Kier alpha value is -11.1. The molecule has 8 aromatic rings. The van der Waals surface area contributed by atoms with E-state index in [0.717, 1.165) is 25.8 Å². The number of nitrogens with zero attached hydrogens (tertiary/aromatic N) is 16. The van der Waals surface area contributed by atoms with Crippen LogP contribution in [0.1, 0.15) is 36.0 Å². The highest BCUT2D eigenvalue weighted by Crippen LogP contribution is 2.54. The summed E-state index contributed by atoms with van der Waals surface area (Å²) in [6.07, 6.45) is 1.95. The fourth-order valence-corrected chi connectivity index (χ4v) is 14.8. The van der Waals surface area contributed by atoms with Gasteiger partial charge >= 0.3 is 38.3 Å². The van der Waals surface area contributed by atoms with Gasteiger partial charge in [0.15, 0.2) is 23.3 Å². The lowest BCUT2D eigenvalue weighted by Gasteiger charge is -2.18. The maximum atomic E-state index is 13.5. The minimum absolute atomic E-state index is 0.00287. The third-order valence-corrected chi connectivity index (χ3v) is 21.9. The van der Waals surface area contributed by atoms with Crippen molar-refractivity contribution >= 4 is 108 Å². The molecular weight excluding hydrogens is 1450 g/mol. The van der Waals surface area contributed by atoms with Crippen molar-refractivity contribution in [2.24, 2.45) is 17.8 Å². The molecular formula is C63H48BCl2F6N16O11S3. The monoisotopic (exact) mass is 1500 g/mol. The van der Waals surface area contributed by atoms with Crippen molar-refractivity contribution in [3.8, 4) is 69.6 Å². The number of halogens is 8. The van der Waals surface area contributed by atoms with E-state index >= 15 is 0 Å². The zero-order valence-corrected chi connectivity index (χ0v) is 56.6. The van der Waals surface area contributed by atoms with Crippen LogP contribution in [0.5, 0.6) is 28.9 Å². The molecule has 27 nitrogen and oxygen atoms in total. The van der Waals surface area contributed by atoms with E-state index in [4.69, 9.17) is 56.5 Å². The van der Waals surface area contributed by atoms with Crippen LogP contribution < -0.4 is 35.2 Å². The number of aromatic hydroxyl groups is 2. The zero-order chi connectivity index (χ0) is 74.2. The third kappa shape index (κ3) is 15.4. The van der Waals surface area contributed by atoms with Gasteiger partial charge in [0, 0.05) is 112 Å². The summed E-state index contributed by atoms with van der Waals surface area (Å²) in [4.78, 5) is 26.7. The molecule has 523 valence electrons. The molecule has 3 aliphatic heterocycles. The van der Waals surface area contributed by atoms with Crippen LogP contribution in [0.2, 0.25) is 10.0 Å². The number of benzene rings is 3. The summed E-state index contributed by atoms with van der Waals surface area (Å²) in [7, 11) is -7.67. The molecule has 5 aromatic heterocycles. The summed E-state index contributed by atoms with van der Waals surface area (Å²) in [6.45, 7) is 12.7. The number of phenols is 2. The number of fused-ring (bicyclic) bond motifs is 3. The van der Waals surface area contributed by atoms with Gasteiger partial charge < -0.3 is 34.3 Å². The Morgan fingerprint density at radius 2 is 0.941 bits per heavy atom. The van der Waals surface area contributed by atoms with Gasteiger partial charge in [-0.05, 0) is 97.1 Å². The minimum atomic E-state index is -4.05. The van der Waals surface area contributed by atoms with E-state index in [9.17, 15) is 67.2 Å². The van der Waals surface area contributed by atoms with Crippen LogP contribution in [0.4, 0.5) is 72.5 Å². The lowest BCUT2D eigenvalue weighted by atomic mass is 10.0. The fourth-order valence-electron chi connectivity index (χ4n) is 10.2. The van der Waals surface area contributed by atoms with Gasteiger partial charge in [-0.15, -0.1) is 9.97 Å². The second kappa shape index (κ2) is 28.5. The van der Waals surface area contributed by atoms with Crippen molar-refractivity contribution in [1.29, 1.82) is 15.8 Å². The SMILES string of the molecule is CN1c2nc(-c3cc(O)ccc3C#N)ccc2N(CC2CC2(F)F)S1(=O)=O.CN1c2nc(O[B]O)ccc2N(CC2CC2(F)F)S1(=O)=O.N#Cc1ccc(O)cc1Cl.[C-]#[N+]c1cc(Cl)ccn1.[C-]#[N+]c1cc(Oc2ccc(C#N)c(-c3ccc4c(n3)N(C)S(=O)(=O)N4CC3CC3(F)F)c2)ccn1. The number of hydrogen-bond donors (Lipinski definition) is 3. The van der Waals surface area contributed by atoms with Crippen molar-refractivity contribution in [3.63, 3.8) is 0 Å². The molecule has 102 heavy (non-hydrogen) atoms. The number of nitriles is 3. The molecule has 3 fully saturated rings. The Labute approximate surface area is 589 Å². The van der Waals surface area contributed by atoms with E-state index < -0.39 is 66.1 Å². The Balaban J connectivity index is 0.000000148. The largest absolute Gasteiger partial charge is 0.570 e. The first-order valence-corrected chi connectivity index (χ1v) is 34.3. The Kier molecular flexibility index (Phi) is 20.6. The predicted molar refractivity (Wildman–Crippen MR) is 360 cm³/mol. The van der Waals surface area contributed by atoms with Gasteiger partial charge in [0.1, 0.15) is 41.5 Å². The van der Waals surface area contributed by atoms with Crippen molar-refractivity contribution < 1.29 is 76.2 Å². The number of rotatable bonds is 12. The highest BCUT2D eigenvalue weighted by Gasteiger charge is 2.61. The van der Waals surface area contributed by atoms with Crippen LogP contribution in [0.15, 0.2) is 128 Å². The summed E-state index contributed by atoms with van der Waals surface area (Å²) in [5.41, 5.74) is 2.88. The van der Waals surface area contributed by atoms with Gasteiger partial charge in [-0.1, -0.05) is 36.3 Å². The molecule has 3 aromatic carbocycles. The maximum Gasteiger partial charge on any atom is 0.570 e. The van der Waals surface area contributed by atoms with Gasteiger partial charge in [0.25, 0.3) is 29.4 Å². The van der Waals surface area contributed by atoms with Gasteiger partial charge in [-0.2, -0.15) is 46.0 Å². The average molecular weight is 1500 g/mol. The molecule has 3 atom stereocenters. The molecule has 3 unspecified atom stereocenters. The number of ether oxygens (including phenoxy) is 1. The molecule has 3 N–H and O–H groups in total.